The van der Waals surface area contributed by atoms with Crippen LogP contribution in [0.25, 0.3) is 11.1 Å². The molecule has 0 aromatic heterocycles. The van der Waals surface area contributed by atoms with Gasteiger partial charge in [-0.05, 0) is 41.1 Å². The summed E-state index contributed by atoms with van der Waals surface area (Å²) < 4.78 is 5.58. The molecule has 7 heteroatoms. The molecule has 3 rings (SSSR count). The Morgan fingerprint density at radius 3 is 2.13 bits per heavy atom. The minimum atomic E-state index is -1.10. The number of aliphatic carboxylic acids is 2. The van der Waals surface area contributed by atoms with Gasteiger partial charge in [0.15, 0.2) is 0 Å². The average Bonchev–Trinajstić information content (AvgIpc) is 3.05. The topological polar surface area (TPSA) is 113 Å². The zero-order valence-electron chi connectivity index (χ0n) is 17.4. The lowest BCUT2D eigenvalue weighted by molar-refractivity contribution is -0.145. The van der Waals surface area contributed by atoms with Gasteiger partial charge >= 0.3 is 17.9 Å². The number of hydrogen-bond donors (Lipinski definition) is 3. The number of hydrogen-bond acceptors (Lipinski definition) is 5. The number of benzene rings is 2. The summed E-state index contributed by atoms with van der Waals surface area (Å²) in [6.45, 7) is 2.36. The Labute approximate surface area is 181 Å². The fourth-order valence-electron chi connectivity index (χ4n) is 3.96. The van der Waals surface area contributed by atoms with Crippen LogP contribution in [0.5, 0.6) is 0 Å². The van der Waals surface area contributed by atoms with Crippen LogP contribution in [-0.2, 0) is 19.1 Å². The number of carbonyl (C=O) groups excluding carboxylic acids is 1. The first-order valence-corrected chi connectivity index (χ1v) is 10.4. The molecular formula is C24H27NO6. The molecule has 0 spiro atoms. The third-order valence-corrected chi connectivity index (χ3v) is 5.55. The van der Waals surface area contributed by atoms with E-state index in [1.807, 2.05) is 31.2 Å². The lowest BCUT2D eigenvalue weighted by Crippen LogP contribution is -2.39. The molecule has 3 N–H and O–H groups in total. The molecule has 0 bridgehead atoms. The Morgan fingerprint density at radius 2 is 1.58 bits per heavy atom. The number of nitrogens with one attached hydrogen (secondary N) is 1. The summed E-state index contributed by atoms with van der Waals surface area (Å²) in [5, 5.41) is 20.8. The minimum Gasteiger partial charge on any atom is -0.481 e. The van der Waals surface area contributed by atoms with Crippen molar-refractivity contribution in [2.24, 2.45) is 5.92 Å². The van der Waals surface area contributed by atoms with E-state index in [0.29, 0.717) is 0 Å². The highest BCUT2D eigenvalue weighted by atomic mass is 16.5. The lowest BCUT2D eigenvalue weighted by Gasteiger charge is -2.18. The number of rotatable bonds is 11. The first-order valence-electron chi connectivity index (χ1n) is 10.4. The van der Waals surface area contributed by atoms with Gasteiger partial charge < -0.3 is 20.3 Å². The molecule has 0 heterocycles. The van der Waals surface area contributed by atoms with Crippen LogP contribution in [0.2, 0.25) is 0 Å². The normalized spacial score (nSPS) is 14.4. The molecule has 1 unspecified atom stereocenters. The second kappa shape index (κ2) is 10.2. The average molecular weight is 425 g/mol. The number of ether oxygens (including phenoxy) is 1. The second-order valence-electron chi connectivity index (χ2n) is 7.95. The second-order valence-corrected chi connectivity index (χ2v) is 7.95. The maximum Gasteiger partial charge on any atom is 0.320 e. The van der Waals surface area contributed by atoms with Gasteiger partial charge in [0.25, 0.3) is 0 Å². The molecule has 0 radical (unpaired) electrons. The lowest BCUT2D eigenvalue weighted by atomic mass is 9.98. The van der Waals surface area contributed by atoms with Crippen molar-refractivity contribution in [2.75, 3.05) is 13.2 Å². The van der Waals surface area contributed by atoms with Crippen molar-refractivity contribution >= 4 is 17.9 Å². The number of fused-ring (bicyclic) bond motifs is 3. The van der Waals surface area contributed by atoms with Crippen LogP contribution in [0.3, 0.4) is 0 Å². The maximum atomic E-state index is 12.4. The molecular weight excluding hydrogens is 398 g/mol. The smallest absolute Gasteiger partial charge is 0.320 e. The zero-order valence-corrected chi connectivity index (χ0v) is 17.4. The summed E-state index contributed by atoms with van der Waals surface area (Å²) in [6.07, 6.45) is -0.0959. The molecule has 2 atom stereocenters. The van der Waals surface area contributed by atoms with Crippen molar-refractivity contribution in [1.29, 1.82) is 0 Å². The van der Waals surface area contributed by atoms with Gasteiger partial charge in [-0.3, -0.25) is 14.4 Å². The molecule has 164 valence electrons. The van der Waals surface area contributed by atoms with Crippen LogP contribution in [0, 0.1) is 5.92 Å². The standard InChI is InChI=1S/C24H27NO6/c1-15(13-25-21(24(29)30)10-11-22(26)27)12-23(28)31-14-20-18-8-4-2-6-16(18)17-7-3-5-9-19(17)20/h2-9,15,20-21,25H,10-14H2,1H3,(H,26,27)(H,29,30)/t15?,21-/m0/s1. The number of carbonyl (C=O) groups is 3. The van der Waals surface area contributed by atoms with Crippen LogP contribution in [0.1, 0.15) is 43.2 Å². The van der Waals surface area contributed by atoms with Crippen LogP contribution in [0.15, 0.2) is 48.5 Å². The Balaban J connectivity index is 1.51. The van der Waals surface area contributed by atoms with E-state index in [0.717, 1.165) is 22.3 Å². The van der Waals surface area contributed by atoms with E-state index in [1.165, 1.54) is 0 Å². The monoisotopic (exact) mass is 425 g/mol. The predicted octanol–water partition coefficient (Wildman–Crippen LogP) is 3.28. The molecule has 2 aromatic rings. The highest BCUT2D eigenvalue weighted by molar-refractivity contribution is 5.79. The maximum absolute atomic E-state index is 12.4. The van der Waals surface area contributed by atoms with Gasteiger partial charge in [-0.2, -0.15) is 0 Å². The van der Waals surface area contributed by atoms with Gasteiger partial charge in [-0.15, -0.1) is 0 Å². The summed E-state index contributed by atoms with van der Waals surface area (Å²) in [6, 6.07) is 15.3. The quantitative estimate of drug-likeness (QED) is 0.474. The molecule has 0 aliphatic heterocycles. The van der Waals surface area contributed by atoms with Gasteiger partial charge in [-0.25, -0.2) is 0 Å². The summed E-state index contributed by atoms with van der Waals surface area (Å²) in [4.78, 5) is 34.3. The van der Waals surface area contributed by atoms with Crippen LogP contribution >= 0.6 is 0 Å². The van der Waals surface area contributed by atoms with Crippen molar-refractivity contribution < 1.29 is 29.3 Å². The van der Waals surface area contributed by atoms with E-state index < -0.39 is 18.0 Å². The summed E-state index contributed by atoms with van der Waals surface area (Å²) in [5.74, 6) is -2.64. The Morgan fingerprint density at radius 1 is 1.00 bits per heavy atom. The third-order valence-electron chi connectivity index (χ3n) is 5.55. The Hall–Kier alpha value is -3.19. The molecule has 1 aliphatic rings. The molecule has 0 fully saturated rings. The molecule has 1 aliphatic carbocycles. The van der Waals surface area contributed by atoms with Crippen LogP contribution in [0.4, 0.5) is 0 Å². The van der Waals surface area contributed by atoms with Crippen molar-refractivity contribution in [3.63, 3.8) is 0 Å². The van der Waals surface area contributed by atoms with E-state index in [4.69, 9.17) is 9.84 Å². The molecule has 2 aromatic carbocycles. The third kappa shape index (κ3) is 5.70. The number of esters is 1. The van der Waals surface area contributed by atoms with Gasteiger partial charge in [0, 0.05) is 18.8 Å². The molecule has 0 amide bonds. The molecule has 7 nitrogen and oxygen atoms in total. The van der Waals surface area contributed by atoms with Crippen LogP contribution in [-0.4, -0.2) is 47.3 Å². The Bertz CT molecular complexity index is 911. The largest absolute Gasteiger partial charge is 0.481 e. The molecule has 31 heavy (non-hydrogen) atoms. The van der Waals surface area contributed by atoms with E-state index >= 15 is 0 Å². The van der Waals surface area contributed by atoms with Crippen molar-refractivity contribution in [3.05, 3.63) is 59.7 Å². The SMILES string of the molecule is CC(CN[C@@H](CCC(=O)O)C(=O)O)CC(=O)OCC1c2ccccc2-c2ccccc21. The fraction of sp³-hybridized carbons (Fsp3) is 0.375. The fourth-order valence-corrected chi connectivity index (χ4v) is 3.96. The zero-order chi connectivity index (χ0) is 22.4. The molecule has 0 saturated heterocycles. The van der Waals surface area contributed by atoms with Crippen molar-refractivity contribution in [2.45, 2.75) is 38.1 Å². The van der Waals surface area contributed by atoms with Crippen LogP contribution < -0.4 is 5.32 Å². The first kappa shape index (κ1) is 22.5. The highest BCUT2D eigenvalue weighted by Gasteiger charge is 2.29. The van der Waals surface area contributed by atoms with E-state index in [-0.39, 0.29) is 50.2 Å². The Kier molecular flexibility index (Phi) is 7.41. The number of carboxylic acid groups (broad SMARTS) is 2. The summed E-state index contributed by atoms with van der Waals surface area (Å²) in [7, 11) is 0. The summed E-state index contributed by atoms with van der Waals surface area (Å²) in [5.41, 5.74) is 4.62. The van der Waals surface area contributed by atoms with Crippen molar-refractivity contribution in [1.82, 2.24) is 5.32 Å². The highest BCUT2D eigenvalue weighted by Crippen LogP contribution is 2.44. The van der Waals surface area contributed by atoms with E-state index in [1.54, 1.807) is 0 Å². The predicted molar refractivity (Wildman–Crippen MR) is 115 cm³/mol. The van der Waals surface area contributed by atoms with Gasteiger partial charge in [0.1, 0.15) is 12.6 Å². The van der Waals surface area contributed by atoms with E-state index in [2.05, 4.69) is 29.6 Å². The number of carboxylic acids is 2. The van der Waals surface area contributed by atoms with Crippen molar-refractivity contribution in [3.8, 4) is 11.1 Å². The molecule has 0 saturated carbocycles. The van der Waals surface area contributed by atoms with E-state index in [9.17, 15) is 19.5 Å². The van der Waals surface area contributed by atoms with Gasteiger partial charge in [0.05, 0.1) is 0 Å². The van der Waals surface area contributed by atoms with Gasteiger partial charge in [0.2, 0.25) is 0 Å². The first-order chi connectivity index (χ1) is 14.9. The summed E-state index contributed by atoms with van der Waals surface area (Å²) >= 11 is 0. The minimum absolute atomic E-state index is 0.00260. The van der Waals surface area contributed by atoms with Gasteiger partial charge in [-0.1, -0.05) is 55.5 Å².